The Kier molecular flexibility index (Phi) is 4.06. The van der Waals surface area contributed by atoms with Gasteiger partial charge in [-0.25, -0.2) is 4.39 Å². The number of hydrogen-bond donors (Lipinski definition) is 1. The highest BCUT2D eigenvalue weighted by Gasteiger charge is 2.38. The number of carbonyl (C=O) groups is 1. The fraction of sp³-hybridized carbons (Fsp3) is 0.400. The van der Waals surface area contributed by atoms with Gasteiger partial charge in [0.05, 0.1) is 11.0 Å². The van der Waals surface area contributed by atoms with E-state index in [0.717, 1.165) is 0 Å². The number of aromatic nitrogens is 2. The van der Waals surface area contributed by atoms with Crippen molar-refractivity contribution in [3.8, 4) is 11.4 Å². The molecule has 2 rings (SSSR count). The molecular formula is C15H17FN2O3. The maximum absolute atomic E-state index is 13.7. The van der Waals surface area contributed by atoms with Crippen molar-refractivity contribution in [3.63, 3.8) is 0 Å². The van der Waals surface area contributed by atoms with Crippen molar-refractivity contribution < 1.29 is 18.8 Å². The lowest BCUT2D eigenvalue weighted by Gasteiger charge is -2.27. The van der Waals surface area contributed by atoms with Gasteiger partial charge in [0, 0.05) is 6.42 Å². The number of halogens is 1. The number of carboxylic acid groups (broad SMARTS) is 1. The molecule has 0 bridgehead atoms. The van der Waals surface area contributed by atoms with Crippen molar-refractivity contribution in [2.24, 2.45) is 11.3 Å². The van der Waals surface area contributed by atoms with E-state index in [4.69, 9.17) is 4.52 Å². The molecule has 6 heteroatoms. The Labute approximate surface area is 121 Å². The monoisotopic (exact) mass is 292 g/mol. The van der Waals surface area contributed by atoms with E-state index in [0.29, 0.717) is 0 Å². The average molecular weight is 292 g/mol. The molecule has 2 aromatic rings. The summed E-state index contributed by atoms with van der Waals surface area (Å²) in [5, 5.41) is 13.1. The van der Waals surface area contributed by atoms with Gasteiger partial charge in [-0.05, 0) is 25.0 Å². The minimum absolute atomic E-state index is 0.0987. The minimum atomic E-state index is -1.01. The van der Waals surface area contributed by atoms with Gasteiger partial charge >= 0.3 is 5.97 Å². The van der Waals surface area contributed by atoms with Crippen molar-refractivity contribution in [3.05, 3.63) is 36.0 Å². The highest BCUT2D eigenvalue weighted by molar-refractivity contribution is 5.74. The number of carboxylic acids is 1. The number of aliphatic carboxylic acids is 1. The van der Waals surface area contributed by atoms with Crippen molar-refractivity contribution in [2.75, 3.05) is 0 Å². The second-order valence-corrected chi connectivity index (χ2v) is 5.55. The average Bonchev–Trinajstić information content (AvgIpc) is 2.86. The lowest BCUT2D eigenvalue weighted by atomic mass is 9.76. The predicted molar refractivity (Wildman–Crippen MR) is 74.0 cm³/mol. The highest BCUT2D eigenvalue weighted by Crippen LogP contribution is 2.32. The molecule has 1 atom stereocenters. The van der Waals surface area contributed by atoms with Gasteiger partial charge in [-0.2, -0.15) is 4.98 Å². The standard InChI is InChI=1S/C15H17FN2O3/c1-9(2)15(3,14(19)20)8-12-17-13(18-21-12)10-6-4-5-7-11(10)16/h4-7,9H,8H2,1-3H3,(H,19,20). The zero-order valence-corrected chi connectivity index (χ0v) is 12.1. The third-order valence-corrected chi connectivity index (χ3v) is 3.86. The molecule has 0 aliphatic heterocycles. The Bertz CT molecular complexity index is 654. The summed E-state index contributed by atoms with van der Waals surface area (Å²) in [6, 6.07) is 6.09. The van der Waals surface area contributed by atoms with Gasteiger partial charge in [0.15, 0.2) is 0 Å². The van der Waals surface area contributed by atoms with Gasteiger partial charge in [-0.15, -0.1) is 0 Å². The summed E-state index contributed by atoms with van der Waals surface area (Å²) in [5.41, 5.74) is -0.784. The lowest BCUT2D eigenvalue weighted by molar-refractivity contribution is -0.150. The van der Waals surface area contributed by atoms with Gasteiger partial charge in [-0.3, -0.25) is 4.79 Å². The molecule has 1 heterocycles. The van der Waals surface area contributed by atoms with Crippen molar-refractivity contribution in [1.82, 2.24) is 10.1 Å². The van der Waals surface area contributed by atoms with Crippen molar-refractivity contribution >= 4 is 5.97 Å². The maximum atomic E-state index is 13.7. The molecule has 0 spiro atoms. The number of nitrogens with zero attached hydrogens (tertiary/aromatic N) is 2. The van der Waals surface area contributed by atoms with Crippen LogP contribution in [0.15, 0.2) is 28.8 Å². The molecule has 0 saturated carbocycles. The van der Waals surface area contributed by atoms with E-state index in [-0.39, 0.29) is 29.6 Å². The Morgan fingerprint density at radius 2 is 2.10 bits per heavy atom. The molecule has 1 aromatic carbocycles. The second kappa shape index (κ2) is 5.63. The first-order valence-corrected chi connectivity index (χ1v) is 6.65. The van der Waals surface area contributed by atoms with Crippen LogP contribution in [0.2, 0.25) is 0 Å². The molecule has 1 unspecified atom stereocenters. The summed E-state index contributed by atoms with van der Waals surface area (Å²) >= 11 is 0. The van der Waals surface area contributed by atoms with Crippen LogP contribution in [-0.4, -0.2) is 21.2 Å². The molecule has 1 N–H and O–H groups in total. The van der Waals surface area contributed by atoms with E-state index in [2.05, 4.69) is 10.1 Å². The Balaban J connectivity index is 2.29. The quantitative estimate of drug-likeness (QED) is 0.916. The van der Waals surface area contributed by atoms with Crippen LogP contribution >= 0.6 is 0 Å². The fourth-order valence-electron chi connectivity index (χ4n) is 1.92. The molecule has 5 nitrogen and oxygen atoms in total. The van der Waals surface area contributed by atoms with Crippen molar-refractivity contribution in [1.29, 1.82) is 0 Å². The molecule has 0 saturated heterocycles. The second-order valence-electron chi connectivity index (χ2n) is 5.55. The molecule has 0 aliphatic rings. The summed E-state index contributed by atoms with van der Waals surface area (Å²) in [6.07, 6.45) is 0.0987. The molecule has 112 valence electrons. The van der Waals surface area contributed by atoms with Crippen LogP contribution in [0.5, 0.6) is 0 Å². The van der Waals surface area contributed by atoms with Crippen LogP contribution in [0, 0.1) is 17.2 Å². The molecule has 0 radical (unpaired) electrons. The maximum Gasteiger partial charge on any atom is 0.310 e. The number of benzene rings is 1. The summed E-state index contributed by atoms with van der Waals surface area (Å²) in [6.45, 7) is 5.28. The topological polar surface area (TPSA) is 76.2 Å². The van der Waals surface area contributed by atoms with E-state index in [9.17, 15) is 14.3 Å². The molecule has 0 aliphatic carbocycles. The Hall–Kier alpha value is -2.24. The highest BCUT2D eigenvalue weighted by atomic mass is 19.1. The third-order valence-electron chi connectivity index (χ3n) is 3.86. The smallest absolute Gasteiger partial charge is 0.310 e. The van der Waals surface area contributed by atoms with E-state index >= 15 is 0 Å². The Morgan fingerprint density at radius 3 is 2.67 bits per heavy atom. The SMILES string of the molecule is CC(C)C(C)(Cc1nc(-c2ccccc2F)no1)C(=O)O. The number of rotatable bonds is 5. The first-order valence-electron chi connectivity index (χ1n) is 6.65. The first-order chi connectivity index (χ1) is 9.84. The molecule has 0 fully saturated rings. The van der Waals surface area contributed by atoms with Gasteiger partial charge in [0.1, 0.15) is 5.82 Å². The van der Waals surface area contributed by atoms with Crippen LogP contribution in [0.1, 0.15) is 26.7 Å². The molecule has 0 amide bonds. The summed E-state index contributed by atoms with van der Waals surface area (Å²) in [7, 11) is 0. The Morgan fingerprint density at radius 1 is 1.43 bits per heavy atom. The molecular weight excluding hydrogens is 275 g/mol. The predicted octanol–water partition coefficient (Wildman–Crippen LogP) is 3.17. The van der Waals surface area contributed by atoms with Gasteiger partial charge in [0.25, 0.3) is 0 Å². The van der Waals surface area contributed by atoms with Crippen LogP contribution in [-0.2, 0) is 11.2 Å². The van der Waals surface area contributed by atoms with Gasteiger partial charge in [0.2, 0.25) is 11.7 Å². The van der Waals surface area contributed by atoms with Crippen LogP contribution < -0.4 is 0 Å². The molecule has 21 heavy (non-hydrogen) atoms. The van der Waals surface area contributed by atoms with E-state index in [1.54, 1.807) is 25.1 Å². The summed E-state index contributed by atoms with van der Waals surface area (Å²) in [4.78, 5) is 15.6. The van der Waals surface area contributed by atoms with E-state index < -0.39 is 17.2 Å². The zero-order chi connectivity index (χ0) is 15.6. The fourth-order valence-corrected chi connectivity index (χ4v) is 1.92. The normalized spacial score (nSPS) is 14.1. The largest absolute Gasteiger partial charge is 0.481 e. The first kappa shape index (κ1) is 15.2. The minimum Gasteiger partial charge on any atom is -0.481 e. The molecule has 1 aromatic heterocycles. The zero-order valence-electron chi connectivity index (χ0n) is 12.1. The third kappa shape index (κ3) is 2.94. The van der Waals surface area contributed by atoms with Gasteiger partial charge < -0.3 is 9.63 Å². The number of hydrogen-bond acceptors (Lipinski definition) is 4. The van der Waals surface area contributed by atoms with Crippen LogP contribution in [0.25, 0.3) is 11.4 Å². The lowest BCUT2D eigenvalue weighted by Crippen LogP contribution is -2.35. The van der Waals surface area contributed by atoms with Crippen molar-refractivity contribution in [2.45, 2.75) is 27.2 Å². The van der Waals surface area contributed by atoms with E-state index in [1.165, 1.54) is 6.07 Å². The summed E-state index contributed by atoms with van der Waals surface area (Å²) < 4.78 is 18.7. The van der Waals surface area contributed by atoms with E-state index in [1.807, 2.05) is 13.8 Å². The van der Waals surface area contributed by atoms with Crippen LogP contribution in [0.4, 0.5) is 4.39 Å². The van der Waals surface area contributed by atoms with Gasteiger partial charge in [-0.1, -0.05) is 31.1 Å². The van der Waals surface area contributed by atoms with Crippen LogP contribution in [0.3, 0.4) is 0 Å². The summed E-state index contributed by atoms with van der Waals surface area (Å²) in [5.74, 6) is -1.18.